The van der Waals surface area contributed by atoms with Crippen molar-refractivity contribution in [2.45, 2.75) is 13.5 Å². The highest BCUT2D eigenvalue weighted by Crippen LogP contribution is 2.27. The van der Waals surface area contributed by atoms with Crippen LogP contribution >= 0.6 is 11.6 Å². The van der Waals surface area contributed by atoms with Crippen LogP contribution in [0.25, 0.3) is 0 Å². The van der Waals surface area contributed by atoms with Gasteiger partial charge in [0.15, 0.2) is 0 Å². The number of rotatable bonds is 5. The van der Waals surface area contributed by atoms with Gasteiger partial charge in [0.1, 0.15) is 5.75 Å². The fraction of sp³-hybridized carbons (Fsp3) is 0.188. The van der Waals surface area contributed by atoms with Crippen LogP contribution in [0.5, 0.6) is 5.75 Å². The van der Waals surface area contributed by atoms with Gasteiger partial charge in [0.25, 0.3) is 0 Å². The normalized spacial score (nSPS) is 10.0. The van der Waals surface area contributed by atoms with Crippen molar-refractivity contribution in [3.8, 4) is 5.75 Å². The fourth-order valence-corrected chi connectivity index (χ4v) is 2.06. The van der Waals surface area contributed by atoms with Gasteiger partial charge in [0, 0.05) is 25.2 Å². The highest BCUT2D eigenvalue weighted by molar-refractivity contribution is 6.33. The molecule has 0 aromatic heterocycles. The van der Waals surface area contributed by atoms with Gasteiger partial charge < -0.3 is 15.4 Å². The molecule has 0 atom stereocenters. The molecule has 0 saturated carbocycles. The van der Waals surface area contributed by atoms with E-state index in [-0.39, 0.29) is 5.91 Å². The number of hydrogen-bond acceptors (Lipinski definition) is 3. The number of carbonyl (C=O) groups is 1. The molecule has 2 aromatic carbocycles. The zero-order valence-corrected chi connectivity index (χ0v) is 12.7. The maximum Gasteiger partial charge on any atom is 0.221 e. The smallest absolute Gasteiger partial charge is 0.221 e. The van der Waals surface area contributed by atoms with Gasteiger partial charge in [-0.1, -0.05) is 23.7 Å². The molecule has 2 aromatic rings. The lowest BCUT2D eigenvalue weighted by Crippen LogP contribution is -2.06. The van der Waals surface area contributed by atoms with E-state index in [0.29, 0.717) is 11.6 Å². The van der Waals surface area contributed by atoms with Gasteiger partial charge in [-0.05, 0) is 29.8 Å². The number of benzene rings is 2. The van der Waals surface area contributed by atoms with Crippen molar-refractivity contribution in [1.29, 1.82) is 0 Å². The molecule has 0 radical (unpaired) electrons. The Morgan fingerprint density at radius 2 is 1.90 bits per heavy atom. The number of anilines is 2. The molecular weight excluding hydrogens is 288 g/mol. The number of ether oxygens (including phenoxy) is 1. The van der Waals surface area contributed by atoms with Crippen LogP contribution in [0.3, 0.4) is 0 Å². The van der Waals surface area contributed by atoms with Crippen LogP contribution in [0.1, 0.15) is 12.5 Å². The first kappa shape index (κ1) is 15.2. The van der Waals surface area contributed by atoms with Gasteiger partial charge in [0.2, 0.25) is 5.91 Å². The third-order valence-electron chi connectivity index (χ3n) is 2.93. The molecule has 0 aliphatic rings. The first-order chi connectivity index (χ1) is 10.1. The van der Waals surface area contributed by atoms with E-state index in [0.717, 1.165) is 22.7 Å². The standard InChI is InChI=1S/C16H17ClN2O2/c1-11(20)19-13-5-3-12(4-6-13)10-18-16-9-14(21-2)7-8-15(16)17/h3-9,18H,10H2,1-2H3,(H,19,20). The molecule has 0 spiro atoms. The lowest BCUT2D eigenvalue weighted by Gasteiger charge is -2.11. The predicted octanol–water partition coefficient (Wildman–Crippen LogP) is 3.92. The van der Waals surface area contributed by atoms with E-state index in [2.05, 4.69) is 10.6 Å². The number of nitrogens with one attached hydrogen (secondary N) is 2. The van der Waals surface area contributed by atoms with Crippen molar-refractivity contribution in [3.05, 3.63) is 53.1 Å². The van der Waals surface area contributed by atoms with Crippen LogP contribution < -0.4 is 15.4 Å². The molecule has 0 aliphatic carbocycles. The van der Waals surface area contributed by atoms with Gasteiger partial charge in [-0.25, -0.2) is 0 Å². The van der Waals surface area contributed by atoms with Crippen molar-refractivity contribution in [2.75, 3.05) is 17.7 Å². The number of carbonyl (C=O) groups excluding carboxylic acids is 1. The summed E-state index contributed by atoms with van der Waals surface area (Å²) in [5.74, 6) is 0.673. The summed E-state index contributed by atoms with van der Waals surface area (Å²) < 4.78 is 5.18. The summed E-state index contributed by atoms with van der Waals surface area (Å²) in [5.41, 5.74) is 2.69. The molecule has 0 fully saturated rings. The summed E-state index contributed by atoms with van der Waals surface area (Å²) in [6.45, 7) is 2.12. The first-order valence-corrected chi connectivity index (χ1v) is 6.90. The number of amides is 1. The Bertz CT molecular complexity index is 627. The SMILES string of the molecule is COc1ccc(Cl)c(NCc2ccc(NC(C)=O)cc2)c1. The van der Waals surface area contributed by atoms with E-state index in [4.69, 9.17) is 16.3 Å². The van der Waals surface area contributed by atoms with Crippen molar-refractivity contribution in [2.24, 2.45) is 0 Å². The molecule has 0 heterocycles. The van der Waals surface area contributed by atoms with E-state index in [1.807, 2.05) is 36.4 Å². The Morgan fingerprint density at radius 1 is 1.19 bits per heavy atom. The molecule has 1 amide bonds. The minimum absolute atomic E-state index is 0.0796. The van der Waals surface area contributed by atoms with Crippen molar-refractivity contribution in [1.82, 2.24) is 0 Å². The molecule has 0 bridgehead atoms. The zero-order chi connectivity index (χ0) is 15.2. The summed E-state index contributed by atoms with van der Waals surface area (Å²) in [7, 11) is 1.62. The highest BCUT2D eigenvalue weighted by atomic mass is 35.5. The topological polar surface area (TPSA) is 50.4 Å². The molecular formula is C16H17ClN2O2. The van der Waals surface area contributed by atoms with E-state index in [1.54, 1.807) is 13.2 Å². The average Bonchev–Trinajstić information content (AvgIpc) is 2.47. The Kier molecular flexibility index (Phi) is 5.06. The Labute approximate surface area is 129 Å². The number of hydrogen-bond donors (Lipinski definition) is 2. The van der Waals surface area contributed by atoms with Crippen LogP contribution in [-0.2, 0) is 11.3 Å². The molecule has 21 heavy (non-hydrogen) atoms. The molecule has 0 saturated heterocycles. The molecule has 0 aliphatic heterocycles. The van der Waals surface area contributed by atoms with Crippen LogP contribution in [0.2, 0.25) is 5.02 Å². The van der Waals surface area contributed by atoms with E-state index >= 15 is 0 Å². The lowest BCUT2D eigenvalue weighted by molar-refractivity contribution is -0.114. The summed E-state index contributed by atoms with van der Waals surface area (Å²) in [4.78, 5) is 11.0. The Morgan fingerprint density at radius 3 is 2.52 bits per heavy atom. The van der Waals surface area contributed by atoms with Gasteiger partial charge >= 0.3 is 0 Å². The van der Waals surface area contributed by atoms with Crippen molar-refractivity contribution >= 4 is 28.9 Å². The lowest BCUT2D eigenvalue weighted by atomic mass is 10.2. The maximum atomic E-state index is 11.0. The second-order valence-corrected chi connectivity index (χ2v) is 4.98. The van der Waals surface area contributed by atoms with Crippen LogP contribution in [-0.4, -0.2) is 13.0 Å². The van der Waals surface area contributed by atoms with Crippen LogP contribution in [0, 0.1) is 0 Å². The largest absolute Gasteiger partial charge is 0.497 e. The predicted molar refractivity (Wildman–Crippen MR) is 86.1 cm³/mol. The number of methoxy groups -OCH3 is 1. The summed E-state index contributed by atoms with van der Waals surface area (Å²) in [5, 5.41) is 6.64. The van der Waals surface area contributed by atoms with Gasteiger partial charge in [-0.3, -0.25) is 4.79 Å². The van der Waals surface area contributed by atoms with Crippen LogP contribution in [0.4, 0.5) is 11.4 Å². The van der Waals surface area contributed by atoms with E-state index in [1.165, 1.54) is 6.92 Å². The molecule has 0 unspecified atom stereocenters. The van der Waals surface area contributed by atoms with E-state index in [9.17, 15) is 4.79 Å². The second-order valence-electron chi connectivity index (χ2n) is 4.58. The number of halogens is 1. The minimum atomic E-state index is -0.0796. The molecule has 2 N–H and O–H groups in total. The van der Waals surface area contributed by atoms with Crippen molar-refractivity contribution < 1.29 is 9.53 Å². The van der Waals surface area contributed by atoms with Gasteiger partial charge in [0.05, 0.1) is 17.8 Å². The van der Waals surface area contributed by atoms with Crippen molar-refractivity contribution in [3.63, 3.8) is 0 Å². The quantitative estimate of drug-likeness (QED) is 0.880. The average molecular weight is 305 g/mol. The Hall–Kier alpha value is -2.20. The third kappa shape index (κ3) is 4.39. The van der Waals surface area contributed by atoms with Crippen LogP contribution in [0.15, 0.2) is 42.5 Å². The maximum absolute atomic E-state index is 11.0. The van der Waals surface area contributed by atoms with Gasteiger partial charge in [-0.2, -0.15) is 0 Å². The zero-order valence-electron chi connectivity index (χ0n) is 11.9. The monoisotopic (exact) mass is 304 g/mol. The van der Waals surface area contributed by atoms with Gasteiger partial charge in [-0.15, -0.1) is 0 Å². The summed E-state index contributed by atoms with van der Waals surface area (Å²) in [6, 6.07) is 13.1. The molecule has 4 nitrogen and oxygen atoms in total. The summed E-state index contributed by atoms with van der Waals surface area (Å²) >= 11 is 6.14. The molecule has 110 valence electrons. The molecule has 2 rings (SSSR count). The minimum Gasteiger partial charge on any atom is -0.497 e. The highest BCUT2D eigenvalue weighted by Gasteiger charge is 2.03. The fourth-order valence-electron chi connectivity index (χ4n) is 1.87. The second kappa shape index (κ2) is 6.99. The first-order valence-electron chi connectivity index (χ1n) is 6.52. The third-order valence-corrected chi connectivity index (χ3v) is 3.26. The Balaban J connectivity index is 2.01. The van der Waals surface area contributed by atoms with E-state index < -0.39 is 0 Å². The summed E-state index contributed by atoms with van der Waals surface area (Å²) in [6.07, 6.45) is 0. The molecule has 5 heteroatoms.